The summed E-state index contributed by atoms with van der Waals surface area (Å²) in [5, 5.41) is 0.506. The van der Waals surface area contributed by atoms with Crippen molar-refractivity contribution < 1.29 is 8.42 Å². The molecule has 0 radical (unpaired) electrons. The van der Waals surface area contributed by atoms with Crippen LogP contribution in [0.3, 0.4) is 0 Å². The molecule has 4 nitrogen and oxygen atoms in total. The van der Waals surface area contributed by atoms with Gasteiger partial charge < -0.3 is 0 Å². The lowest BCUT2D eigenvalue weighted by Crippen LogP contribution is -2.25. The molecular formula is C14H18N2O2S3. The molecule has 2 rings (SSSR count). The van der Waals surface area contributed by atoms with Gasteiger partial charge in [0.2, 0.25) is 10.0 Å². The number of rotatable bonds is 7. The quantitative estimate of drug-likeness (QED) is 0.785. The average Bonchev–Trinajstić information content (AvgIpc) is 2.95. The molecule has 0 saturated heterocycles. The summed E-state index contributed by atoms with van der Waals surface area (Å²) in [6, 6.07) is 9.02. The number of thioether (sulfide) groups is 1. The topological polar surface area (TPSA) is 59.1 Å². The van der Waals surface area contributed by atoms with Crippen molar-refractivity contribution in [3.63, 3.8) is 0 Å². The van der Waals surface area contributed by atoms with E-state index in [1.165, 1.54) is 11.3 Å². The molecule has 0 bridgehead atoms. The first-order valence-corrected chi connectivity index (χ1v) is 9.96. The molecule has 0 aliphatic carbocycles. The van der Waals surface area contributed by atoms with Crippen LogP contribution in [-0.2, 0) is 10.0 Å². The highest BCUT2D eigenvalue weighted by Crippen LogP contribution is 2.29. The van der Waals surface area contributed by atoms with Crippen LogP contribution in [0.15, 0.2) is 40.7 Å². The van der Waals surface area contributed by atoms with Crippen LogP contribution in [0.25, 0.3) is 10.6 Å². The van der Waals surface area contributed by atoms with Crippen LogP contribution >= 0.6 is 23.1 Å². The van der Waals surface area contributed by atoms with Gasteiger partial charge in [-0.2, -0.15) is 11.8 Å². The van der Waals surface area contributed by atoms with Crippen molar-refractivity contribution in [2.24, 2.45) is 0 Å². The SMILES string of the molecule is CC(C)SCCNS(=O)(=O)c1ccc(-c2ccccn2)s1. The summed E-state index contributed by atoms with van der Waals surface area (Å²) in [5.41, 5.74) is 0.791. The van der Waals surface area contributed by atoms with Crippen LogP contribution in [0.1, 0.15) is 13.8 Å². The van der Waals surface area contributed by atoms with E-state index in [2.05, 4.69) is 23.6 Å². The lowest BCUT2D eigenvalue weighted by Gasteiger charge is -2.06. The molecular weight excluding hydrogens is 324 g/mol. The molecule has 0 spiro atoms. The first-order chi connectivity index (χ1) is 9.99. The Morgan fingerprint density at radius 2 is 2.10 bits per heavy atom. The first-order valence-electron chi connectivity index (χ1n) is 6.61. The van der Waals surface area contributed by atoms with Gasteiger partial charge in [-0.25, -0.2) is 13.1 Å². The van der Waals surface area contributed by atoms with Crippen LogP contribution < -0.4 is 4.72 Å². The van der Waals surface area contributed by atoms with Crippen molar-refractivity contribution in [2.45, 2.75) is 23.3 Å². The summed E-state index contributed by atoms with van der Waals surface area (Å²) < 4.78 is 27.4. The van der Waals surface area contributed by atoms with Gasteiger partial charge in [-0.05, 0) is 29.5 Å². The molecule has 2 aromatic rings. The second kappa shape index (κ2) is 7.40. The third-order valence-electron chi connectivity index (χ3n) is 2.61. The number of hydrogen-bond donors (Lipinski definition) is 1. The summed E-state index contributed by atoms with van der Waals surface area (Å²) in [7, 11) is -3.42. The molecule has 7 heteroatoms. The molecule has 0 atom stereocenters. The average molecular weight is 343 g/mol. The van der Waals surface area contributed by atoms with E-state index >= 15 is 0 Å². The van der Waals surface area contributed by atoms with Gasteiger partial charge in [0.15, 0.2) is 0 Å². The molecule has 2 aromatic heterocycles. The lowest BCUT2D eigenvalue weighted by atomic mass is 10.3. The summed E-state index contributed by atoms with van der Waals surface area (Å²) in [6.07, 6.45) is 1.70. The molecule has 0 amide bonds. The van der Waals surface area contributed by atoms with Crippen molar-refractivity contribution in [3.8, 4) is 10.6 Å². The van der Waals surface area contributed by atoms with Crippen molar-refractivity contribution in [1.82, 2.24) is 9.71 Å². The predicted molar refractivity (Wildman–Crippen MR) is 90.3 cm³/mol. The fraction of sp³-hybridized carbons (Fsp3) is 0.357. The lowest BCUT2D eigenvalue weighted by molar-refractivity contribution is 0.586. The minimum absolute atomic E-state index is 0.331. The van der Waals surface area contributed by atoms with Crippen LogP contribution in [0.4, 0.5) is 0 Å². The summed E-state index contributed by atoms with van der Waals surface area (Å²) in [4.78, 5) is 5.09. The fourth-order valence-electron chi connectivity index (χ4n) is 1.65. The minimum Gasteiger partial charge on any atom is -0.255 e. The van der Waals surface area contributed by atoms with Crippen LogP contribution in [0.2, 0.25) is 0 Å². The minimum atomic E-state index is -3.42. The Hall–Kier alpha value is -0.890. The molecule has 0 aliphatic heterocycles. The summed E-state index contributed by atoms with van der Waals surface area (Å²) in [6.45, 7) is 4.64. The number of sulfonamides is 1. The molecule has 0 aliphatic rings. The van der Waals surface area contributed by atoms with Crippen LogP contribution in [0, 0.1) is 0 Å². The second-order valence-corrected chi connectivity index (χ2v) is 9.41. The van der Waals surface area contributed by atoms with Crippen LogP contribution in [-0.4, -0.2) is 30.9 Å². The Bertz CT molecular complexity index is 667. The smallest absolute Gasteiger partial charge is 0.250 e. The molecule has 0 fully saturated rings. The number of pyridine rings is 1. The second-order valence-electron chi connectivity index (χ2n) is 4.65. The predicted octanol–water partition coefficient (Wildman–Crippen LogP) is 3.23. The highest BCUT2D eigenvalue weighted by molar-refractivity contribution is 7.99. The number of aromatic nitrogens is 1. The van der Waals surface area contributed by atoms with E-state index in [-0.39, 0.29) is 0 Å². The number of thiophene rings is 1. The summed E-state index contributed by atoms with van der Waals surface area (Å²) >= 11 is 2.97. The van der Waals surface area contributed by atoms with Gasteiger partial charge in [-0.3, -0.25) is 4.98 Å². The fourth-order valence-corrected chi connectivity index (χ4v) is 4.83. The van der Waals surface area contributed by atoms with E-state index in [4.69, 9.17) is 0 Å². The third kappa shape index (κ3) is 4.81. The van der Waals surface area contributed by atoms with Crippen molar-refractivity contribution >= 4 is 33.1 Å². The highest BCUT2D eigenvalue weighted by atomic mass is 32.2. The van der Waals surface area contributed by atoms with Gasteiger partial charge in [-0.15, -0.1) is 11.3 Å². The molecule has 114 valence electrons. The van der Waals surface area contributed by atoms with E-state index < -0.39 is 10.0 Å². The largest absolute Gasteiger partial charge is 0.255 e. The Morgan fingerprint density at radius 1 is 1.29 bits per heavy atom. The maximum Gasteiger partial charge on any atom is 0.250 e. The van der Waals surface area contributed by atoms with Gasteiger partial charge >= 0.3 is 0 Å². The standard InChI is InChI=1S/C14H18N2O2S3/c1-11(2)19-10-9-16-21(17,18)14-7-6-13(20-14)12-5-3-4-8-15-12/h3-8,11,16H,9-10H2,1-2H3. The molecule has 1 N–H and O–H groups in total. The zero-order valence-corrected chi connectivity index (χ0v) is 14.4. The monoisotopic (exact) mass is 342 g/mol. The molecule has 2 heterocycles. The first kappa shape index (κ1) is 16.5. The van der Waals surface area contributed by atoms with Crippen molar-refractivity contribution in [1.29, 1.82) is 0 Å². The number of nitrogens with zero attached hydrogens (tertiary/aromatic N) is 1. The Labute approximate surface area is 134 Å². The van der Waals surface area contributed by atoms with E-state index in [1.807, 2.05) is 18.2 Å². The van der Waals surface area contributed by atoms with Crippen molar-refractivity contribution in [2.75, 3.05) is 12.3 Å². The zero-order valence-electron chi connectivity index (χ0n) is 11.9. The van der Waals surface area contributed by atoms with Gasteiger partial charge in [0.1, 0.15) is 4.21 Å². The molecule has 0 aromatic carbocycles. The normalized spacial score (nSPS) is 12.0. The number of nitrogens with one attached hydrogen (secondary N) is 1. The highest BCUT2D eigenvalue weighted by Gasteiger charge is 2.17. The Morgan fingerprint density at radius 3 is 2.76 bits per heavy atom. The molecule has 21 heavy (non-hydrogen) atoms. The van der Waals surface area contributed by atoms with E-state index in [1.54, 1.807) is 30.1 Å². The third-order valence-corrected chi connectivity index (χ3v) is 6.78. The van der Waals surface area contributed by atoms with E-state index in [9.17, 15) is 8.42 Å². The van der Waals surface area contributed by atoms with Gasteiger partial charge in [0, 0.05) is 18.5 Å². The Kier molecular flexibility index (Phi) is 5.80. The maximum absolute atomic E-state index is 12.2. The van der Waals surface area contributed by atoms with E-state index in [0.717, 1.165) is 16.3 Å². The van der Waals surface area contributed by atoms with E-state index in [0.29, 0.717) is 16.0 Å². The summed E-state index contributed by atoms with van der Waals surface area (Å²) in [5.74, 6) is 0.773. The zero-order chi connectivity index (χ0) is 15.3. The van der Waals surface area contributed by atoms with Gasteiger partial charge in [-0.1, -0.05) is 19.9 Å². The maximum atomic E-state index is 12.2. The molecule has 0 saturated carbocycles. The van der Waals surface area contributed by atoms with Crippen molar-refractivity contribution in [3.05, 3.63) is 36.5 Å². The Balaban J connectivity index is 2.03. The van der Waals surface area contributed by atoms with Crippen LogP contribution in [0.5, 0.6) is 0 Å². The van der Waals surface area contributed by atoms with Gasteiger partial charge in [0.05, 0.1) is 10.6 Å². The number of hydrogen-bond acceptors (Lipinski definition) is 5. The molecule has 0 unspecified atom stereocenters. The van der Waals surface area contributed by atoms with Gasteiger partial charge in [0.25, 0.3) is 0 Å².